The SMILES string of the molecule is CCCCOc1cccc(C(O)=C2C(=O)C(=O)N(CCCOC)C2c2ccc(CC)cc2)c1. The summed E-state index contributed by atoms with van der Waals surface area (Å²) in [6.07, 6.45) is 3.42. The second-order valence-electron chi connectivity index (χ2n) is 8.16. The van der Waals surface area contributed by atoms with Gasteiger partial charge in [-0.15, -0.1) is 0 Å². The minimum absolute atomic E-state index is 0.104. The molecule has 0 aliphatic carbocycles. The lowest BCUT2D eigenvalue weighted by atomic mass is 9.94. The summed E-state index contributed by atoms with van der Waals surface area (Å²) in [4.78, 5) is 27.6. The molecule has 1 N–H and O–H groups in total. The molecule has 0 bridgehead atoms. The predicted octanol–water partition coefficient (Wildman–Crippen LogP) is 4.89. The fourth-order valence-corrected chi connectivity index (χ4v) is 4.00. The highest BCUT2D eigenvalue weighted by atomic mass is 16.5. The number of aliphatic hydroxyl groups excluding tert-OH is 1. The van der Waals surface area contributed by atoms with Gasteiger partial charge in [0.05, 0.1) is 18.2 Å². The van der Waals surface area contributed by atoms with Crippen molar-refractivity contribution in [3.05, 3.63) is 70.8 Å². The Morgan fingerprint density at radius 1 is 1.03 bits per heavy atom. The number of nitrogens with zero attached hydrogens (tertiary/aromatic N) is 1. The van der Waals surface area contributed by atoms with E-state index in [1.165, 1.54) is 4.90 Å². The first-order valence-electron chi connectivity index (χ1n) is 11.6. The van der Waals surface area contributed by atoms with Gasteiger partial charge in [-0.1, -0.05) is 56.7 Å². The first-order chi connectivity index (χ1) is 16.0. The van der Waals surface area contributed by atoms with Crippen molar-refractivity contribution in [3.63, 3.8) is 0 Å². The largest absolute Gasteiger partial charge is 0.507 e. The zero-order valence-electron chi connectivity index (χ0n) is 19.7. The second kappa shape index (κ2) is 11.7. The molecule has 2 aromatic carbocycles. The maximum atomic E-state index is 13.1. The maximum absolute atomic E-state index is 13.1. The molecule has 6 heteroatoms. The number of aryl methyl sites for hydroxylation is 1. The van der Waals surface area contributed by atoms with E-state index in [1.807, 2.05) is 30.3 Å². The molecular formula is C27H33NO5. The molecule has 33 heavy (non-hydrogen) atoms. The number of carbonyl (C=O) groups is 2. The summed E-state index contributed by atoms with van der Waals surface area (Å²) in [6, 6.07) is 14.2. The number of benzene rings is 2. The highest BCUT2D eigenvalue weighted by Crippen LogP contribution is 2.39. The third-order valence-corrected chi connectivity index (χ3v) is 5.87. The molecular weight excluding hydrogens is 418 g/mol. The molecule has 1 aliphatic heterocycles. The van der Waals surface area contributed by atoms with Crippen molar-refractivity contribution in [2.45, 2.75) is 45.6 Å². The van der Waals surface area contributed by atoms with Crippen LogP contribution in [0, 0.1) is 0 Å². The summed E-state index contributed by atoms with van der Waals surface area (Å²) in [5.41, 5.74) is 2.51. The number of amides is 1. The number of hydrogen-bond donors (Lipinski definition) is 1. The Morgan fingerprint density at radius 3 is 2.45 bits per heavy atom. The molecule has 1 heterocycles. The smallest absolute Gasteiger partial charge is 0.295 e. The van der Waals surface area contributed by atoms with Crippen LogP contribution in [0.5, 0.6) is 5.75 Å². The van der Waals surface area contributed by atoms with E-state index in [9.17, 15) is 14.7 Å². The lowest BCUT2D eigenvalue weighted by molar-refractivity contribution is -0.140. The molecule has 2 aromatic rings. The first kappa shape index (κ1) is 24.5. The Bertz CT molecular complexity index is 996. The van der Waals surface area contributed by atoms with Gasteiger partial charge in [0.15, 0.2) is 0 Å². The van der Waals surface area contributed by atoms with Crippen LogP contribution >= 0.6 is 0 Å². The van der Waals surface area contributed by atoms with Gasteiger partial charge in [0.2, 0.25) is 0 Å². The summed E-state index contributed by atoms with van der Waals surface area (Å²) in [7, 11) is 1.60. The van der Waals surface area contributed by atoms with Crippen LogP contribution in [0.3, 0.4) is 0 Å². The van der Waals surface area contributed by atoms with E-state index in [1.54, 1.807) is 25.3 Å². The average molecular weight is 452 g/mol. The molecule has 1 fully saturated rings. The van der Waals surface area contributed by atoms with Crippen LogP contribution in [0.4, 0.5) is 0 Å². The quantitative estimate of drug-likeness (QED) is 0.228. The van der Waals surface area contributed by atoms with Gasteiger partial charge in [0.1, 0.15) is 11.5 Å². The Labute approximate surface area is 195 Å². The predicted molar refractivity (Wildman–Crippen MR) is 128 cm³/mol. The third-order valence-electron chi connectivity index (χ3n) is 5.87. The van der Waals surface area contributed by atoms with Gasteiger partial charge in [-0.05, 0) is 42.5 Å². The van der Waals surface area contributed by atoms with Crippen LogP contribution in [0.2, 0.25) is 0 Å². The number of ether oxygens (including phenoxy) is 2. The van der Waals surface area contributed by atoms with Crippen LogP contribution in [-0.2, 0) is 20.7 Å². The number of methoxy groups -OCH3 is 1. The summed E-state index contributed by atoms with van der Waals surface area (Å²) in [5, 5.41) is 11.2. The number of ketones is 1. The highest BCUT2D eigenvalue weighted by Gasteiger charge is 2.45. The maximum Gasteiger partial charge on any atom is 0.295 e. The van der Waals surface area contributed by atoms with Crippen molar-refractivity contribution >= 4 is 17.4 Å². The zero-order valence-corrected chi connectivity index (χ0v) is 19.7. The summed E-state index contributed by atoms with van der Waals surface area (Å²) in [5.74, 6) is -0.849. The van der Waals surface area contributed by atoms with Crippen molar-refractivity contribution in [3.8, 4) is 5.75 Å². The van der Waals surface area contributed by atoms with Gasteiger partial charge in [0, 0.05) is 25.8 Å². The molecule has 1 amide bonds. The van der Waals surface area contributed by atoms with E-state index >= 15 is 0 Å². The van der Waals surface area contributed by atoms with E-state index in [-0.39, 0.29) is 11.3 Å². The first-order valence-corrected chi connectivity index (χ1v) is 11.6. The van der Waals surface area contributed by atoms with Gasteiger partial charge in [-0.3, -0.25) is 9.59 Å². The molecule has 0 spiro atoms. The standard InChI is InChI=1S/C27H33NO5/c1-4-6-17-33-22-10-7-9-21(18-22)25(29)23-24(20-13-11-19(5-2)12-14-20)28(15-8-16-32-3)27(31)26(23)30/h7,9-14,18,24,29H,4-6,8,15-17H2,1-3H3. The lowest BCUT2D eigenvalue weighted by Gasteiger charge is -2.25. The molecule has 0 aromatic heterocycles. The van der Waals surface area contributed by atoms with E-state index < -0.39 is 17.7 Å². The number of likely N-dealkylation sites (tertiary alicyclic amines) is 1. The normalized spacial score (nSPS) is 17.5. The van der Waals surface area contributed by atoms with Crippen molar-refractivity contribution in [2.75, 3.05) is 26.9 Å². The monoisotopic (exact) mass is 451 g/mol. The molecule has 1 atom stereocenters. The molecule has 3 rings (SSSR count). The molecule has 0 saturated carbocycles. The number of hydrogen-bond acceptors (Lipinski definition) is 5. The number of unbranched alkanes of at least 4 members (excludes halogenated alkanes) is 1. The van der Waals surface area contributed by atoms with E-state index in [4.69, 9.17) is 9.47 Å². The van der Waals surface area contributed by atoms with E-state index in [0.717, 1.165) is 30.4 Å². The van der Waals surface area contributed by atoms with Gasteiger partial charge < -0.3 is 19.5 Å². The molecule has 6 nitrogen and oxygen atoms in total. The zero-order chi connectivity index (χ0) is 23.8. The highest BCUT2D eigenvalue weighted by molar-refractivity contribution is 6.46. The van der Waals surface area contributed by atoms with Crippen LogP contribution in [-0.4, -0.2) is 48.6 Å². The molecule has 1 saturated heterocycles. The van der Waals surface area contributed by atoms with Crippen LogP contribution < -0.4 is 4.74 Å². The molecule has 0 radical (unpaired) electrons. The van der Waals surface area contributed by atoms with Gasteiger partial charge in [-0.25, -0.2) is 0 Å². The van der Waals surface area contributed by atoms with Gasteiger partial charge >= 0.3 is 0 Å². The fourth-order valence-electron chi connectivity index (χ4n) is 4.00. The van der Waals surface area contributed by atoms with Crippen molar-refractivity contribution < 1.29 is 24.2 Å². The summed E-state index contributed by atoms with van der Waals surface area (Å²) in [6.45, 7) is 5.57. The van der Waals surface area contributed by atoms with Crippen molar-refractivity contribution in [1.82, 2.24) is 4.90 Å². The van der Waals surface area contributed by atoms with E-state index in [2.05, 4.69) is 13.8 Å². The number of rotatable bonds is 11. The lowest BCUT2D eigenvalue weighted by Crippen LogP contribution is -2.31. The Balaban J connectivity index is 2.03. The molecule has 1 unspecified atom stereocenters. The van der Waals surface area contributed by atoms with Crippen LogP contribution in [0.15, 0.2) is 54.1 Å². The molecule has 176 valence electrons. The van der Waals surface area contributed by atoms with Gasteiger partial charge in [-0.2, -0.15) is 0 Å². The fraction of sp³-hybridized carbons (Fsp3) is 0.407. The number of Topliss-reactive ketones (excluding diaryl/α,β-unsaturated/α-hetero) is 1. The Morgan fingerprint density at radius 2 is 1.79 bits per heavy atom. The van der Waals surface area contributed by atoms with Crippen LogP contribution in [0.1, 0.15) is 55.8 Å². The second-order valence-corrected chi connectivity index (χ2v) is 8.16. The average Bonchev–Trinajstić information content (AvgIpc) is 3.09. The Kier molecular flexibility index (Phi) is 8.66. The minimum atomic E-state index is -0.674. The number of aliphatic hydroxyl groups is 1. The van der Waals surface area contributed by atoms with Crippen LogP contribution in [0.25, 0.3) is 5.76 Å². The van der Waals surface area contributed by atoms with Crippen molar-refractivity contribution in [1.29, 1.82) is 0 Å². The third kappa shape index (κ3) is 5.63. The Hall–Kier alpha value is -3.12. The number of carbonyl (C=O) groups excluding carboxylic acids is 2. The van der Waals surface area contributed by atoms with Gasteiger partial charge in [0.25, 0.3) is 11.7 Å². The molecule has 1 aliphatic rings. The van der Waals surface area contributed by atoms with Crippen molar-refractivity contribution in [2.24, 2.45) is 0 Å². The summed E-state index contributed by atoms with van der Waals surface area (Å²) < 4.78 is 10.9. The summed E-state index contributed by atoms with van der Waals surface area (Å²) >= 11 is 0. The topological polar surface area (TPSA) is 76.1 Å². The minimum Gasteiger partial charge on any atom is -0.507 e. The van der Waals surface area contributed by atoms with E-state index in [0.29, 0.717) is 37.5 Å².